The van der Waals surface area contributed by atoms with Crippen molar-refractivity contribution in [3.8, 4) is 0 Å². The Kier molecular flexibility index (Phi) is 5.07. The van der Waals surface area contributed by atoms with Crippen molar-refractivity contribution in [3.63, 3.8) is 0 Å². The van der Waals surface area contributed by atoms with Gasteiger partial charge in [-0.25, -0.2) is 9.78 Å². The van der Waals surface area contributed by atoms with Crippen LogP contribution >= 0.6 is 0 Å². The van der Waals surface area contributed by atoms with Gasteiger partial charge >= 0.3 is 6.03 Å². The average Bonchev–Trinajstić information content (AvgIpc) is 2.93. The maximum atomic E-state index is 12.6. The second kappa shape index (κ2) is 7.80. The third-order valence-corrected chi connectivity index (χ3v) is 4.89. The smallest absolute Gasteiger partial charge is 0.321 e. The van der Waals surface area contributed by atoms with Gasteiger partial charge in [0.2, 0.25) is 0 Å². The molecule has 27 heavy (non-hydrogen) atoms. The van der Waals surface area contributed by atoms with E-state index in [-0.39, 0.29) is 6.03 Å². The molecule has 1 fully saturated rings. The van der Waals surface area contributed by atoms with Crippen molar-refractivity contribution in [2.45, 2.75) is 12.8 Å². The molecular formula is C21H24N4O2. The summed E-state index contributed by atoms with van der Waals surface area (Å²) in [4.78, 5) is 21.2. The number of urea groups is 1. The van der Waals surface area contributed by atoms with Gasteiger partial charge in [0.15, 0.2) is 11.5 Å². The van der Waals surface area contributed by atoms with E-state index < -0.39 is 0 Å². The van der Waals surface area contributed by atoms with Gasteiger partial charge in [-0.05, 0) is 37.7 Å². The quantitative estimate of drug-likeness (QED) is 0.771. The second-order valence-electron chi connectivity index (χ2n) is 7.03. The molecule has 1 aliphatic rings. The van der Waals surface area contributed by atoms with Crippen LogP contribution in [-0.2, 0) is 6.42 Å². The first-order chi connectivity index (χ1) is 13.2. The van der Waals surface area contributed by atoms with Crippen LogP contribution in [-0.4, -0.2) is 54.0 Å². The van der Waals surface area contributed by atoms with Crippen molar-refractivity contribution < 1.29 is 9.21 Å². The van der Waals surface area contributed by atoms with E-state index in [1.807, 2.05) is 41.3 Å². The minimum atomic E-state index is -0.0614. The highest BCUT2D eigenvalue weighted by Crippen LogP contribution is 2.22. The van der Waals surface area contributed by atoms with Gasteiger partial charge in [0.1, 0.15) is 5.52 Å². The number of nitrogens with one attached hydrogen (secondary N) is 1. The van der Waals surface area contributed by atoms with Gasteiger partial charge in [0.05, 0.1) is 0 Å². The first-order valence-corrected chi connectivity index (χ1v) is 9.35. The third-order valence-electron chi connectivity index (χ3n) is 4.89. The van der Waals surface area contributed by atoms with E-state index in [0.717, 1.165) is 49.4 Å². The molecule has 2 amide bonds. The molecule has 4 rings (SSSR count). The van der Waals surface area contributed by atoms with Gasteiger partial charge < -0.3 is 19.5 Å². The number of amides is 2. The van der Waals surface area contributed by atoms with Crippen molar-refractivity contribution in [3.05, 3.63) is 60.0 Å². The molecule has 2 heterocycles. The van der Waals surface area contributed by atoms with Crippen LogP contribution in [0.25, 0.3) is 11.1 Å². The minimum Gasteiger partial charge on any atom is -0.440 e. The number of likely N-dealkylation sites (N-methyl/N-ethyl adjacent to an activating group) is 1. The van der Waals surface area contributed by atoms with Crippen LogP contribution in [0, 0.1) is 0 Å². The van der Waals surface area contributed by atoms with Gasteiger partial charge in [0, 0.05) is 37.8 Å². The van der Waals surface area contributed by atoms with Crippen LogP contribution in [0.1, 0.15) is 17.9 Å². The van der Waals surface area contributed by atoms with Gasteiger partial charge in [-0.15, -0.1) is 0 Å². The first kappa shape index (κ1) is 17.5. The molecule has 2 aromatic carbocycles. The molecule has 0 aliphatic carbocycles. The maximum absolute atomic E-state index is 12.6. The fourth-order valence-electron chi connectivity index (χ4n) is 3.35. The fraction of sp³-hybridized carbons (Fsp3) is 0.333. The lowest BCUT2D eigenvalue weighted by Gasteiger charge is -2.21. The van der Waals surface area contributed by atoms with Crippen molar-refractivity contribution in [2.75, 3.05) is 38.5 Å². The monoisotopic (exact) mass is 364 g/mol. The van der Waals surface area contributed by atoms with E-state index in [9.17, 15) is 4.79 Å². The van der Waals surface area contributed by atoms with E-state index in [1.165, 1.54) is 0 Å². The number of hydrogen-bond donors (Lipinski definition) is 1. The van der Waals surface area contributed by atoms with Gasteiger partial charge in [-0.2, -0.15) is 0 Å². The van der Waals surface area contributed by atoms with E-state index in [4.69, 9.17) is 4.42 Å². The summed E-state index contributed by atoms with van der Waals surface area (Å²) in [6.07, 6.45) is 1.65. The van der Waals surface area contributed by atoms with E-state index in [0.29, 0.717) is 17.9 Å². The number of carbonyl (C=O) groups excluding carboxylic acids is 1. The SMILES string of the molecule is CN1CCCN(C(=O)Nc2ccc3nc(Cc4ccccc4)oc3c2)CC1. The Hall–Kier alpha value is -2.86. The highest BCUT2D eigenvalue weighted by molar-refractivity contribution is 5.91. The van der Waals surface area contributed by atoms with Crippen molar-refractivity contribution in [2.24, 2.45) is 0 Å². The summed E-state index contributed by atoms with van der Waals surface area (Å²) in [7, 11) is 2.09. The fourth-order valence-corrected chi connectivity index (χ4v) is 3.35. The Labute approximate surface area is 158 Å². The number of rotatable bonds is 3. The van der Waals surface area contributed by atoms with Gasteiger partial charge in [-0.3, -0.25) is 0 Å². The van der Waals surface area contributed by atoms with Crippen LogP contribution in [0.5, 0.6) is 0 Å². The third kappa shape index (κ3) is 4.28. The zero-order valence-electron chi connectivity index (χ0n) is 15.5. The van der Waals surface area contributed by atoms with E-state index in [2.05, 4.69) is 34.4 Å². The zero-order valence-corrected chi connectivity index (χ0v) is 15.5. The minimum absolute atomic E-state index is 0.0614. The summed E-state index contributed by atoms with van der Waals surface area (Å²) in [5.41, 5.74) is 3.38. The second-order valence-corrected chi connectivity index (χ2v) is 7.03. The van der Waals surface area contributed by atoms with Crippen molar-refractivity contribution in [1.29, 1.82) is 0 Å². The molecule has 0 spiro atoms. The van der Waals surface area contributed by atoms with Crippen LogP contribution in [0.3, 0.4) is 0 Å². The standard InChI is InChI=1S/C21H24N4O2/c1-24-10-5-11-25(13-12-24)21(26)22-17-8-9-18-19(15-17)27-20(23-18)14-16-6-3-2-4-7-16/h2-4,6-9,15H,5,10-14H2,1H3,(H,22,26). The van der Waals surface area contributed by atoms with Crippen molar-refractivity contribution >= 4 is 22.8 Å². The molecule has 6 nitrogen and oxygen atoms in total. The molecule has 3 aromatic rings. The van der Waals surface area contributed by atoms with Crippen molar-refractivity contribution in [1.82, 2.24) is 14.8 Å². The summed E-state index contributed by atoms with van der Waals surface area (Å²) in [6, 6.07) is 15.7. The topological polar surface area (TPSA) is 61.6 Å². The molecule has 1 N–H and O–H groups in total. The molecule has 0 unspecified atom stereocenters. The number of carbonyl (C=O) groups is 1. The lowest BCUT2D eigenvalue weighted by molar-refractivity contribution is 0.213. The highest BCUT2D eigenvalue weighted by atomic mass is 16.3. The summed E-state index contributed by atoms with van der Waals surface area (Å²) in [5.74, 6) is 0.676. The predicted octanol–water partition coefficient (Wildman–Crippen LogP) is 3.59. The Balaban J connectivity index is 1.45. The van der Waals surface area contributed by atoms with Crippen LogP contribution in [0.15, 0.2) is 52.9 Å². The predicted molar refractivity (Wildman–Crippen MR) is 106 cm³/mol. The Morgan fingerprint density at radius 1 is 1.11 bits per heavy atom. The number of hydrogen-bond acceptors (Lipinski definition) is 4. The number of oxazole rings is 1. The molecule has 0 bridgehead atoms. The Bertz CT molecular complexity index is 922. The molecule has 1 aliphatic heterocycles. The highest BCUT2D eigenvalue weighted by Gasteiger charge is 2.18. The molecule has 0 radical (unpaired) electrons. The van der Waals surface area contributed by atoms with E-state index >= 15 is 0 Å². The molecule has 0 saturated carbocycles. The lowest BCUT2D eigenvalue weighted by Crippen LogP contribution is -2.37. The van der Waals surface area contributed by atoms with Crippen LogP contribution in [0.2, 0.25) is 0 Å². The van der Waals surface area contributed by atoms with Crippen LogP contribution < -0.4 is 5.32 Å². The van der Waals surface area contributed by atoms with E-state index in [1.54, 1.807) is 0 Å². The summed E-state index contributed by atoms with van der Waals surface area (Å²) in [5, 5.41) is 2.99. The average molecular weight is 364 g/mol. The van der Waals surface area contributed by atoms with Crippen LogP contribution in [0.4, 0.5) is 10.5 Å². The molecule has 1 aromatic heterocycles. The molecule has 1 saturated heterocycles. The number of aromatic nitrogens is 1. The number of nitrogens with zero attached hydrogens (tertiary/aromatic N) is 3. The first-order valence-electron chi connectivity index (χ1n) is 9.35. The maximum Gasteiger partial charge on any atom is 0.321 e. The summed E-state index contributed by atoms with van der Waals surface area (Å²) >= 11 is 0. The normalized spacial score (nSPS) is 15.7. The lowest BCUT2D eigenvalue weighted by atomic mass is 10.1. The summed E-state index contributed by atoms with van der Waals surface area (Å²) < 4.78 is 5.89. The largest absolute Gasteiger partial charge is 0.440 e. The molecule has 140 valence electrons. The zero-order chi connectivity index (χ0) is 18.6. The van der Waals surface area contributed by atoms with Gasteiger partial charge in [-0.1, -0.05) is 30.3 Å². The number of benzene rings is 2. The number of fused-ring (bicyclic) bond motifs is 1. The van der Waals surface area contributed by atoms with Gasteiger partial charge in [0.25, 0.3) is 0 Å². The Morgan fingerprint density at radius 3 is 2.81 bits per heavy atom. The molecular weight excluding hydrogens is 340 g/mol. The Morgan fingerprint density at radius 2 is 1.96 bits per heavy atom. The molecule has 0 atom stereocenters. The molecule has 6 heteroatoms. The number of anilines is 1. The summed E-state index contributed by atoms with van der Waals surface area (Å²) in [6.45, 7) is 3.45.